The standard InChI is InChI=1S/C34H31BrN2O7/c35-26-18-27(39)31-25(32(26)40)17-24-21(29(31)22-3-1-2-4-28(22)44-16-13-38)9-10-23-30(24)34(42)37(33(23)41)20-7-5-19(6-8-20)36-11-14-43-15-12-36/h1-9,18,23-24,29-30,38H,10-17H2. The molecule has 2 aromatic rings. The molecule has 0 radical (unpaired) electrons. The van der Waals surface area contributed by atoms with Gasteiger partial charge in [-0.25, -0.2) is 0 Å². The predicted octanol–water partition coefficient (Wildman–Crippen LogP) is 3.86. The van der Waals surface area contributed by atoms with Crippen LogP contribution in [0.25, 0.3) is 0 Å². The molecule has 1 N–H and O–H groups in total. The van der Waals surface area contributed by atoms with Gasteiger partial charge in [-0.15, -0.1) is 0 Å². The van der Waals surface area contributed by atoms with E-state index in [4.69, 9.17) is 9.47 Å². The lowest BCUT2D eigenvalue weighted by Gasteiger charge is -2.42. The number of aliphatic hydroxyl groups is 1. The highest BCUT2D eigenvalue weighted by molar-refractivity contribution is 9.12. The molecule has 4 atom stereocenters. The van der Waals surface area contributed by atoms with Gasteiger partial charge in [-0.3, -0.25) is 24.1 Å². The van der Waals surface area contributed by atoms with Crippen molar-refractivity contribution in [2.75, 3.05) is 49.3 Å². The minimum Gasteiger partial charge on any atom is -0.491 e. The molecule has 5 aliphatic rings. The second-order valence-corrected chi connectivity index (χ2v) is 12.5. The van der Waals surface area contributed by atoms with Crippen LogP contribution in [0.15, 0.2) is 81.9 Å². The van der Waals surface area contributed by atoms with Crippen molar-refractivity contribution in [1.82, 2.24) is 0 Å². The third-order valence-electron chi connectivity index (χ3n) is 9.39. The van der Waals surface area contributed by atoms with Crippen LogP contribution in [0.2, 0.25) is 0 Å². The molecular formula is C34H31BrN2O7. The van der Waals surface area contributed by atoms with Crippen LogP contribution in [0.3, 0.4) is 0 Å². The van der Waals surface area contributed by atoms with E-state index in [0.717, 1.165) is 24.4 Å². The number of aliphatic hydroxyl groups excluding tert-OH is 1. The molecule has 4 unspecified atom stereocenters. The predicted molar refractivity (Wildman–Crippen MR) is 166 cm³/mol. The summed E-state index contributed by atoms with van der Waals surface area (Å²) in [5.41, 5.74) is 3.81. The van der Waals surface area contributed by atoms with Crippen molar-refractivity contribution in [2.45, 2.75) is 18.8 Å². The van der Waals surface area contributed by atoms with Gasteiger partial charge in [0, 0.05) is 47.5 Å². The summed E-state index contributed by atoms with van der Waals surface area (Å²) in [4.78, 5) is 58.6. The van der Waals surface area contributed by atoms with E-state index in [1.54, 1.807) is 6.07 Å². The molecule has 0 spiro atoms. The maximum absolute atomic E-state index is 14.2. The number of Topliss-reactive ketones (excluding diaryl/α,β-unsaturated/α-hetero) is 1. The molecule has 2 saturated heterocycles. The Bertz CT molecular complexity index is 1650. The van der Waals surface area contributed by atoms with E-state index >= 15 is 0 Å². The maximum atomic E-state index is 14.2. The molecular weight excluding hydrogens is 628 g/mol. The Kier molecular flexibility index (Phi) is 7.60. The molecule has 2 aliphatic heterocycles. The van der Waals surface area contributed by atoms with Crippen LogP contribution in [0.1, 0.15) is 24.3 Å². The number of fused-ring (bicyclic) bond motifs is 3. The third kappa shape index (κ3) is 4.67. The van der Waals surface area contributed by atoms with Gasteiger partial charge in [-0.2, -0.15) is 0 Å². The summed E-state index contributed by atoms with van der Waals surface area (Å²) in [5.74, 6) is -2.91. The topological polar surface area (TPSA) is 113 Å². The van der Waals surface area contributed by atoms with Crippen molar-refractivity contribution in [1.29, 1.82) is 0 Å². The van der Waals surface area contributed by atoms with Crippen LogP contribution >= 0.6 is 15.9 Å². The number of allylic oxidation sites excluding steroid dienone is 6. The summed E-state index contributed by atoms with van der Waals surface area (Å²) in [5, 5.41) is 9.43. The largest absolute Gasteiger partial charge is 0.491 e. The highest BCUT2D eigenvalue weighted by Crippen LogP contribution is 2.56. The molecule has 10 heteroatoms. The van der Waals surface area contributed by atoms with Crippen LogP contribution in [-0.2, 0) is 23.9 Å². The molecule has 0 bridgehead atoms. The smallest absolute Gasteiger partial charge is 0.238 e. The number of rotatable bonds is 6. The number of amides is 2. The van der Waals surface area contributed by atoms with E-state index < -0.39 is 23.7 Å². The monoisotopic (exact) mass is 658 g/mol. The Labute approximate surface area is 262 Å². The second kappa shape index (κ2) is 11.6. The lowest BCUT2D eigenvalue weighted by atomic mass is 9.59. The number of ketones is 2. The van der Waals surface area contributed by atoms with Gasteiger partial charge < -0.3 is 19.5 Å². The lowest BCUT2D eigenvalue weighted by molar-refractivity contribution is -0.123. The van der Waals surface area contributed by atoms with Gasteiger partial charge in [-0.1, -0.05) is 29.8 Å². The fourth-order valence-electron chi connectivity index (χ4n) is 7.46. The number of halogens is 1. The van der Waals surface area contributed by atoms with Gasteiger partial charge in [-0.05, 0) is 65.0 Å². The fraction of sp³-hybridized carbons (Fsp3) is 0.353. The van der Waals surface area contributed by atoms with Gasteiger partial charge in [0.1, 0.15) is 12.4 Å². The van der Waals surface area contributed by atoms with E-state index in [1.165, 1.54) is 11.0 Å². The third-order valence-corrected chi connectivity index (χ3v) is 9.98. The first kappa shape index (κ1) is 28.9. The number of carbonyl (C=O) groups excluding carboxylic acids is 4. The number of benzene rings is 2. The zero-order valence-electron chi connectivity index (χ0n) is 23.9. The molecule has 2 heterocycles. The lowest BCUT2D eigenvalue weighted by Crippen LogP contribution is -2.39. The Balaban J connectivity index is 1.27. The Hall–Kier alpha value is -3.86. The van der Waals surface area contributed by atoms with E-state index in [0.29, 0.717) is 47.8 Å². The molecule has 2 aromatic carbocycles. The highest BCUT2D eigenvalue weighted by atomic mass is 79.9. The number of morpholine rings is 1. The second-order valence-electron chi connectivity index (χ2n) is 11.6. The summed E-state index contributed by atoms with van der Waals surface area (Å²) < 4.78 is 11.5. The van der Waals surface area contributed by atoms with Crippen molar-refractivity contribution in [2.24, 2.45) is 17.8 Å². The number of nitrogens with zero attached hydrogens (tertiary/aromatic N) is 2. The zero-order valence-corrected chi connectivity index (χ0v) is 25.5. The van der Waals surface area contributed by atoms with Gasteiger partial charge in [0.15, 0.2) is 11.6 Å². The first-order chi connectivity index (χ1) is 21.4. The fourth-order valence-corrected chi connectivity index (χ4v) is 7.90. The number of anilines is 2. The Morgan fingerprint density at radius 3 is 2.41 bits per heavy atom. The van der Waals surface area contributed by atoms with Gasteiger partial charge in [0.05, 0.1) is 41.8 Å². The van der Waals surface area contributed by atoms with E-state index in [2.05, 4.69) is 20.8 Å². The SMILES string of the molecule is O=C1C=C(Br)C(=O)C2=C1C(c1ccccc1OCCO)C1=CCC3C(=O)N(c4ccc(N5CCOCC5)cc4)C(=O)C3C1C2. The van der Waals surface area contributed by atoms with Crippen molar-refractivity contribution in [3.63, 3.8) is 0 Å². The summed E-state index contributed by atoms with van der Waals surface area (Å²) in [6, 6.07) is 14.8. The zero-order chi connectivity index (χ0) is 30.5. The molecule has 0 aromatic heterocycles. The summed E-state index contributed by atoms with van der Waals surface area (Å²) in [6.07, 6.45) is 3.84. The highest BCUT2D eigenvalue weighted by Gasteiger charge is 2.57. The Morgan fingerprint density at radius 1 is 0.932 bits per heavy atom. The van der Waals surface area contributed by atoms with Crippen LogP contribution in [0, 0.1) is 17.8 Å². The van der Waals surface area contributed by atoms with Crippen LogP contribution in [0.5, 0.6) is 5.75 Å². The normalized spacial score (nSPS) is 26.7. The molecule has 0 saturated carbocycles. The van der Waals surface area contributed by atoms with Crippen molar-refractivity contribution in [3.05, 3.63) is 87.4 Å². The number of ether oxygens (including phenoxy) is 2. The number of carbonyl (C=O) groups is 4. The van der Waals surface area contributed by atoms with Crippen LogP contribution in [-0.4, -0.2) is 68.0 Å². The molecule has 2 amide bonds. The van der Waals surface area contributed by atoms with Gasteiger partial charge in [0.25, 0.3) is 0 Å². The van der Waals surface area contributed by atoms with E-state index in [1.807, 2.05) is 48.5 Å². The average molecular weight is 660 g/mol. The molecule has 3 aliphatic carbocycles. The van der Waals surface area contributed by atoms with Gasteiger partial charge >= 0.3 is 0 Å². The van der Waals surface area contributed by atoms with E-state index in [9.17, 15) is 24.3 Å². The van der Waals surface area contributed by atoms with Gasteiger partial charge in [0.2, 0.25) is 11.8 Å². The first-order valence-corrected chi connectivity index (χ1v) is 15.7. The van der Waals surface area contributed by atoms with Crippen LogP contribution in [0.4, 0.5) is 11.4 Å². The van der Waals surface area contributed by atoms with Crippen molar-refractivity contribution < 1.29 is 33.8 Å². The minimum absolute atomic E-state index is 0.0629. The molecule has 226 valence electrons. The Morgan fingerprint density at radius 2 is 1.66 bits per heavy atom. The number of imide groups is 1. The number of hydrogen-bond donors (Lipinski definition) is 1. The number of para-hydroxylation sites is 1. The summed E-state index contributed by atoms with van der Waals surface area (Å²) in [6.45, 7) is 2.75. The summed E-state index contributed by atoms with van der Waals surface area (Å²) in [7, 11) is 0. The van der Waals surface area contributed by atoms with Crippen LogP contribution < -0.4 is 14.5 Å². The molecule has 2 fully saturated rings. The minimum atomic E-state index is -0.670. The molecule has 44 heavy (non-hydrogen) atoms. The van der Waals surface area contributed by atoms with E-state index in [-0.39, 0.29) is 47.5 Å². The molecule has 9 nitrogen and oxygen atoms in total. The summed E-state index contributed by atoms with van der Waals surface area (Å²) >= 11 is 3.27. The van der Waals surface area contributed by atoms with Crippen molar-refractivity contribution in [3.8, 4) is 5.75 Å². The quantitative estimate of drug-likeness (QED) is 0.283. The number of hydrogen-bond acceptors (Lipinski definition) is 8. The van der Waals surface area contributed by atoms with Crippen molar-refractivity contribution >= 4 is 50.7 Å². The molecule has 7 rings (SSSR count). The average Bonchev–Trinajstić information content (AvgIpc) is 3.31. The first-order valence-electron chi connectivity index (χ1n) is 14.9. The maximum Gasteiger partial charge on any atom is 0.238 e.